The van der Waals surface area contributed by atoms with Crippen LogP contribution in [-0.4, -0.2) is 61.8 Å². The molecular weight excluding hydrogens is 703 g/mol. The molecule has 7 atom stereocenters. The van der Waals surface area contributed by atoms with Crippen molar-refractivity contribution < 1.29 is 37.4 Å². The van der Waals surface area contributed by atoms with Crippen molar-refractivity contribution in [1.82, 2.24) is 4.90 Å². The fraction of sp³-hybridized carbons (Fsp3) is 0.447. The minimum atomic E-state index is -1.70. The summed E-state index contributed by atoms with van der Waals surface area (Å²) in [7, 11) is 2.67. The number of hydrogen-bond acceptors (Lipinski definition) is 8. The van der Waals surface area contributed by atoms with E-state index in [-0.39, 0.29) is 39.1 Å². The fourth-order valence-electron chi connectivity index (χ4n) is 8.20. The highest BCUT2D eigenvalue weighted by Crippen LogP contribution is 2.61. The number of anilines is 1. The predicted molar refractivity (Wildman–Crippen MR) is 189 cm³/mol. The Morgan fingerprint density at radius 2 is 1.78 bits per heavy atom. The number of benzene rings is 3. The van der Waals surface area contributed by atoms with E-state index in [1.54, 1.807) is 24.0 Å². The first kappa shape index (κ1) is 37.0. The van der Waals surface area contributed by atoms with Gasteiger partial charge < -0.3 is 19.9 Å². The quantitative estimate of drug-likeness (QED) is 0.232. The maximum atomic E-state index is 16.4. The zero-order valence-electron chi connectivity index (χ0n) is 29.2. The SMILES string of the molecule is CCOC(=O)[C@@H]1C[C@H]1[C@@H]1N(c2ccc(C(=O)OC)cc2OC)C(=O)[C@H]2[C@H](c3cccc(Cl)c3F)[C@@](N)(c3ccc(Cl)cc3F)[C@H](CC(C)(C)C)N12. The number of ether oxygens (including phenoxy) is 3. The van der Waals surface area contributed by atoms with Crippen LogP contribution in [0, 0.1) is 28.9 Å². The molecule has 0 spiro atoms. The Kier molecular flexibility index (Phi) is 9.91. The van der Waals surface area contributed by atoms with Crippen molar-refractivity contribution >= 4 is 46.7 Å². The Bertz CT molecular complexity index is 1890. The number of nitrogens with two attached hydrogens (primary N) is 1. The zero-order chi connectivity index (χ0) is 37.2. The van der Waals surface area contributed by atoms with Gasteiger partial charge in [0.2, 0.25) is 5.91 Å². The first-order valence-corrected chi connectivity index (χ1v) is 17.6. The molecule has 272 valence electrons. The van der Waals surface area contributed by atoms with E-state index in [1.165, 1.54) is 50.6 Å². The molecule has 9 nitrogen and oxygen atoms in total. The third kappa shape index (κ3) is 6.26. The Morgan fingerprint density at radius 3 is 2.41 bits per heavy atom. The van der Waals surface area contributed by atoms with E-state index < -0.39 is 76.4 Å². The molecule has 1 aliphatic carbocycles. The van der Waals surface area contributed by atoms with Gasteiger partial charge >= 0.3 is 11.9 Å². The molecule has 1 saturated carbocycles. The van der Waals surface area contributed by atoms with Gasteiger partial charge in [-0.15, -0.1) is 0 Å². The maximum absolute atomic E-state index is 16.4. The van der Waals surface area contributed by atoms with Gasteiger partial charge in [-0.25, -0.2) is 13.6 Å². The van der Waals surface area contributed by atoms with Crippen molar-refractivity contribution in [2.75, 3.05) is 25.7 Å². The van der Waals surface area contributed by atoms with Crippen LogP contribution in [0.4, 0.5) is 14.5 Å². The molecule has 1 amide bonds. The van der Waals surface area contributed by atoms with Gasteiger partial charge in [-0.1, -0.05) is 62.2 Å². The zero-order valence-corrected chi connectivity index (χ0v) is 30.7. The second-order valence-electron chi connectivity index (χ2n) is 14.6. The summed E-state index contributed by atoms with van der Waals surface area (Å²) in [6.45, 7) is 7.91. The van der Waals surface area contributed by atoms with Crippen LogP contribution in [0.15, 0.2) is 54.6 Å². The number of halogens is 4. The Hall–Kier alpha value is -3.77. The van der Waals surface area contributed by atoms with Gasteiger partial charge in [0.25, 0.3) is 0 Å². The monoisotopic (exact) mass is 743 g/mol. The third-order valence-corrected chi connectivity index (χ3v) is 10.8. The first-order valence-electron chi connectivity index (χ1n) is 16.8. The van der Waals surface area contributed by atoms with Crippen LogP contribution >= 0.6 is 23.2 Å². The summed E-state index contributed by atoms with van der Waals surface area (Å²) in [5, 5.41) is -0.0326. The minimum Gasteiger partial charge on any atom is -0.495 e. The molecule has 0 unspecified atom stereocenters. The number of methoxy groups -OCH3 is 2. The molecule has 6 rings (SSSR count). The number of nitrogens with zero attached hydrogens (tertiary/aromatic N) is 2. The van der Waals surface area contributed by atoms with Crippen molar-refractivity contribution in [3.63, 3.8) is 0 Å². The standard InChI is InChI=1S/C38H41Cl2F2N3O6/c1-7-51-36(48)23-17-22(23)33-44(27-14-11-19(35(47)50-6)15-28(27)49-5)34(46)32-30(21-9-8-10-25(40)31(21)42)38(43,24-13-12-20(39)16-26(24)41)29(45(32)33)18-37(2,3)4/h8-16,22-23,29-30,32-33H,7,17-18,43H2,1-6H3/t22-,23-,29+,30+,32-,33-,38-/m1/s1. The van der Waals surface area contributed by atoms with Crippen LogP contribution < -0.4 is 15.4 Å². The number of carbonyl (C=O) groups is 3. The topological polar surface area (TPSA) is 111 Å². The lowest BCUT2D eigenvalue weighted by Crippen LogP contribution is -2.57. The molecule has 2 aliphatic heterocycles. The summed E-state index contributed by atoms with van der Waals surface area (Å²) in [5.74, 6) is -4.91. The molecule has 2 saturated heterocycles. The Balaban J connectivity index is 1.65. The van der Waals surface area contributed by atoms with Crippen molar-refractivity contribution in [3.8, 4) is 5.75 Å². The van der Waals surface area contributed by atoms with Crippen molar-refractivity contribution in [2.24, 2.45) is 23.0 Å². The van der Waals surface area contributed by atoms with Crippen molar-refractivity contribution in [2.45, 2.75) is 70.2 Å². The van der Waals surface area contributed by atoms with Gasteiger partial charge in [-0.05, 0) is 67.1 Å². The molecule has 13 heteroatoms. The number of amides is 1. The average molecular weight is 745 g/mol. The highest BCUT2D eigenvalue weighted by Gasteiger charge is 2.71. The normalized spacial score (nSPS) is 27.4. The van der Waals surface area contributed by atoms with Crippen LogP contribution in [-0.2, 0) is 24.6 Å². The van der Waals surface area contributed by atoms with Gasteiger partial charge in [-0.2, -0.15) is 0 Å². The smallest absolute Gasteiger partial charge is 0.337 e. The lowest BCUT2D eigenvalue weighted by molar-refractivity contribution is -0.145. The predicted octanol–water partition coefficient (Wildman–Crippen LogP) is 7.07. The molecule has 3 aromatic rings. The molecule has 3 aromatic carbocycles. The fourth-order valence-corrected chi connectivity index (χ4v) is 8.54. The van der Waals surface area contributed by atoms with Crippen LogP contribution in [0.5, 0.6) is 5.75 Å². The average Bonchev–Trinajstić information content (AvgIpc) is 3.77. The number of carbonyl (C=O) groups excluding carboxylic acids is 3. The highest BCUT2D eigenvalue weighted by atomic mass is 35.5. The van der Waals surface area contributed by atoms with Gasteiger partial charge in [0.15, 0.2) is 0 Å². The van der Waals surface area contributed by atoms with E-state index >= 15 is 13.6 Å². The second kappa shape index (κ2) is 13.7. The van der Waals surface area contributed by atoms with Crippen LogP contribution in [0.2, 0.25) is 10.0 Å². The lowest BCUT2D eigenvalue weighted by Gasteiger charge is -2.44. The Labute approximate surface area is 305 Å². The summed E-state index contributed by atoms with van der Waals surface area (Å²) >= 11 is 12.6. The molecule has 0 aromatic heterocycles. The van der Waals surface area contributed by atoms with Crippen LogP contribution in [0.1, 0.15) is 67.9 Å². The van der Waals surface area contributed by atoms with Gasteiger partial charge in [-0.3, -0.25) is 19.4 Å². The van der Waals surface area contributed by atoms with E-state index in [2.05, 4.69) is 0 Å². The number of fused-ring (bicyclic) bond motifs is 1. The van der Waals surface area contributed by atoms with E-state index in [4.69, 9.17) is 43.1 Å². The van der Waals surface area contributed by atoms with Gasteiger partial charge in [0, 0.05) is 28.5 Å². The molecule has 2 N–H and O–H groups in total. The van der Waals surface area contributed by atoms with Crippen molar-refractivity contribution in [3.05, 3.63) is 93.0 Å². The molecule has 0 bridgehead atoms. The largest absolute Gasteiger partial charge is 0.495 e. The molecule has 0 radical (unpaired) electrons. The van der Waals surface area contributed by atoms with Crippen LogP contribution in [0.25, 0.3) is 0 Å². The van der Waals surface area contributed by atoms with Gasteiger partial charge in [0.1, 0.15) is 23.4 Å². The summed E-state index contributed by atoms with van der Waals surface area (Å²) < 4.78 is 48.7. The van der Waals surface area contributed by atoms with Crippen LogP contribution in [0.3, 0.4) is 0 Å². The third-order valence-electron chi connectivity index (χ3n) is 10.3. The summed E-state index contributed by atoms with van der Waals surface area (Å²) in [6, 6.07) is 11.3. The second-order valence-corrected chi connectivity index (χ2v) is 15.5. The van der Waals surface area contributed by atoms with E-state index in [0.29, 0.717) is 18.5 Å². The van der Waals surface area contributed by atoms with Crippen molar-refractivity contribution in [1.29, 1.82) is 0 Å². The molecule has 2 heterocycles. The molecular formula is C38H41Cl2F2N3O6. The van der Waals surface area contributed by atoms with E-state index in [0.717, 1.165) is 6.07 Å². The summed E-state index contributed by atoms with van der Waals surface area (Å²) in [6.07, 6.45) is -0.0922. The molecule has 3 aliphatic rings. The maximum Gasteiger partial charge on any atom is 0.337 e. The van der Waals surface area contributed by atoms with E-state index in [1.807, 2.05) is 25.7 Å². The van der Waals surface area contributed by atoms with Gasteiger partial charge in [0.05, 0.1) is 54.7 Å². The number of rotatable bonds is 9. The summed E-state index contributed by atoms with van der Waals surface area (Å²) in [5.41, 5.74) is 6.08. The lowest BCUT2D eigenvalue weighted by atomic mass is 9.68. The van der Waals surface area contributed by atoms with E-state index in [9.17, 15) is 9.59 Å². The molecule has 51 heavy (non-hydrogen) atoms. The number of hydrogen-bond donors (Lipinski definition) is 1. The Morgan fingerprint density at radius 1 is 1.06 bits per heavy atom. The minimum absolute atomic E-state index is 0.0467. The highest BCUT2D eigenvalue weighted by molar-refractivity contribution is 6.31. The first-order chi connectivity index (χ1) is 24.1. The molecule has 3 fully saturated rings. The summed E-state index contributed by atoms with van der Waals surface area (Å²) in [4.78, 5) is 44.5. The number of esters is 2.